The summed E-state index contributed by atoms with van der Waals surface area (Å²) in [5.41, 5.74) is 2.61. The van der Waals surface area contributed by atoms with Crippen molar-refractivity contribution >= 4 is 22.8 Å². The molecule has 0 saturated carbocycles. The first-order valence-electron chi connectivity index (χ1n) is 13.6. The predicted molar refractivity (Wildman–Crippen MR) is 159 cm³/mol. The molecule has 1 atom stereocenters. The highest BCUT2D eigenvalue weighted by Crippen LogP contribution is 2.32. The number of rotatable bonds is 15. The van der Waals surface area contributed by atoms with E-state index in [9.17, 15) is 9.47 Å². The van der Waals surface area contributed by atoms with Crippen LogP contribution in [0.3, 0.4) is 0 Å². The molecule has 224 valence electrons. The van der Waals surface area contributed by atoms with Crippen molar-refractivity contribution in [3.8, 4) is 34.6 Å². The minimum absolute atomic E-state index is 0.0447. The van der Waals surface area contributed by atoms with Crippen LogP contribution in [0.5, 0.6) is 17.2 Å². The summed E-state index contributed by atoms with van der Waals surface area (Å²) >= 11 is -1.22. The number of hydrogen-bond acceptors (Lipinski definition) is 10. The van der Waals surface area contributed by atoms with Gasteiger partial charge in [-0.3, -0.25) is 0 Å². The van der Waals surface area contributed by atoms with Crippen LogP contribution in [-0.2, 0) is 20.6 Å². The number of hydrogen-bond donors (Lipinski definition) is 2. The zero-order chi connectivity index (χ0) is 29.7. The van der Waals surface area contributed by atoms with Gasteiger partial charge >= 0.3 is 0 Å². The van der Waals surface area contributed by atoms with E-state index in [0.717, 1.165) is 18.4 Å². The lowest BCUT2D eigenvalue weighted by atomic mass is 10.1. The van der Waals surface area contributed by atoms with Gasteiger partial charge in [0, 0.05) is 57.0 Å². The van der Waals surface area contributed by atoms with E-state index in [1.54, 1.807) is 56.0 Å². The third-order valence-corrected chi connectivity index (χ3v) is 7.34. The average Bonchev–Trinajstić information content (AvgIpc) is 3.01. The van der Waals surface area contributed by atoms with Crippen LogP contribution >= 0.6 is 0 Å². The Morgan fingerprint density at radius 2 is 1.88 bits per heavy atom. The number of aromatic nitrogens is 2. The Balaban J connectivity index is 1.33. The van der Waals surface area contributed by atoms with Gasteiger partial charge in [-0.05, 0) is 36.4 Å². The third-order valence-electron chi connectivity index (χ3n) is 6.22. The highest BCUT2D eigenvalue weighted by molar-refractivity contribution is 7.80. The number of nitrogens with zero attached hydrogens (tertiary/aromatic N) is 4. The molecular formula is C29H36N6O6S. The van der Waals surface area contributed by atoms with Gasteiger partial charge in [0.2, 0.25) is 5.95 Å². The fourth-order valence-electron chi connectivity index (χ4n) is 4.07. The molecule has 0 bridgehead atoms. The Morgan fingerprint density at radius 1 is 1.07 bits per heavy atom. The Kier molecular flexibility index (Phi) is 11.9. The van der Waals surface area contributed by atoms with Crippen LogP contribution in [0.4, 0.5) is 11.6 Å². The molecule has 3 aromatic rings. The van der Waals surface area contributed by atoms with Crippen molar-refractivity contribution < 1.29 is 27.9 Å². The topological polar surface area (TPSA) is 140 Å². The van der Waals surface area contributed by atoms with Crippen molar-refractivity contribution in [2.75, 3.05) is 66.1 Å². The lowest BCUT2D eigenvalue weighted by Crippen LogP contribution is -2.31. The maximum absolute atomic E-state index is 11.6. The Hall–Kier alpha value is -3.80. The van der Waals surface area contributed by atoms with Gasteiger partial charge in [0.15, 0.2) is 22.7 Å². The van der Waals surface area contributed by atoms with Crippen molar-refractivity contribution in [2.45, 2.75) is 18.9 Å². The summed E-state index contributed by atoms with van der Waals surface area (Å²) in [4.78, 5) is 8.98. The van der Waals surface area contributed by atoms with Crippen LogP contribution in [0.2, 0.25) is 0 Å². The first kappa shape index (κ1) is 31.1. The zero-order valence-electron chi connectivity index (χ0n) is 24.0. The fourth-order valence-corrected chi connectivity index (χ4v) is 4.59. The molecule has 1 aliphatic heterocycles. The van der Waals surface area contributed by atoms with Gasteiger partial charge in [0.05, 0.1) is 44.8 Å². The van der Waals surface area contributed by atoms with Gasteiger partial charge in [-0.15, -0.1) is 0 Å². The van der Waals surface area contributed by atoms with Crippen LogP contribution in [0.1, 0.15) is 18.4 Å². The molecule has 0 spiro atoms. The predicted octanol–water partition coefficient (Wildman–Crippen LogP) is 3.45. The molecule has 2 heterocycles. The Morgan fingerprint density at radius 3 is 2.64 bits per heavy atom. The second-order valence-electron chi connectivity index (χ2n) is 9.43. The number of nitrogens with one attached hydrogen (secondary N) is 2. The van der Waals surface area contributed by atoms with E-state index in [2.05, 4.69) is 26.1 Å². The number of anilines is 2. The average molecular weight is 597 g/mol. The van der Waals surface area contributed by atoms with Crippen molar-refractivity contribution in [3.05, 3.63) is 54.2 Å². The molecule has 2 aromatic carbocycles. The van der Waals surface area contributed by atoms with E-state index in [1.165, 1.54) is 0 Å². The van der Waals surface area contributed by atoms with Crippen LogP contribution in [-0.4, -0.2) is 85.4 Å². The molecule has 0 aliphatic carbocycles. The van der Waals surface area contributed by atoms with Crippen molar-refractivity contribution in [2.24, 2.45) is 0 Å². The van der Waals surface area contributed by atoms with Crippen LogP contribution < -0.4 is 24.2 Å². The van der Waals surface area contributed by atoms with E-state index in [0.29, 0.717) is 79.7 Å². The molecule has 12 nitrogen and oxygen atoms in total. The van der Waals surface area contributed by atoms with Gasteiger partial charge in [-0.2, -0.15) is 5.26 Å². The van der Waals surface area contributed by atoms with Crippen molar-refractivity contribution in [3.63, 3.8) is 0 Å². The van der Waals surface area contributed by atoms with E-state index in [-0.39, 0.29) is 6.10 Å². The van der Waals surface area contributed by atoms with Gasteiger partial charge in [-0.1, -0.05) is 0 Å². The molecule has 1 saturated heterocycles. The highest BCUT2D eigenvalue weighted by Gasteiger charge is 2.18. The fraction of sp³-hybridized carbons (Fsp3) is 0.414. The molecule has 1 fully saturated rings. The van der Waals surface area contributed by atoms with Crippen LogP contribution in [0.25, 0.3) is 11.3 Å². The van der Waals surface area contributed by atoms with E-state index in [4.69, 9.17) is 23.7 Å². The molecule has 42 heavy (non-hydrogen) atoms. The summed E-state index contributed by atoms with van der Waals surface area (Å²) in [7, 11) is 5.03. The maximum Gasteiger partial charge on any atom is 0.227 e. The van der Waals surface area contributed by atoms with E-state index in [1.807, 2.05) is 18.2 Å². The minimum atomic E-state index is -1.22. The first-order valence-corrected chi connectivity index (χ1v) is 14.7. The van der Waals surface area contributed by atoms with Gasteiger partial charge < -0.3 is 29.0 Å². The Bertz CT molecular complexity index is 1380. The van der Waals surface area contributed by atoms with Gasteiger partial charge in [-0.25, -0.2) is 23.2 Å². The SMILES string of the molecule is COc1cc(Nc2nccc(-c3ccc(OC4CCOCC4)c(C#N)c3)n2)ccc1OCCOCCNS(=O)N(C)C. The monoisotopic (exact) mass is 596 g/mol. The summed E-state index contributed by atoms with van der Waals surface area (Å²) in [5.74, 6) is 2.07. The lowest BCUT2D eigenvalue weighted by molar-refractivity contribution is 0.0254. The molecular weight excluding hydrogens is 560 g/mol. The second-order valence-corrected chi connectivity index (χ2v) is 10.9. The highest BCUT2D eigenvalue weighted by atomic mass is 32.2. The summed E-state index contributed by atoms with van der Waals surface area (Å²) in [6, 6.07) is 14.9. The minimum Gasteiger partial charge on any atom is -0.493 e. The molecule has 0 amide bonds. The smallest absolute Gasteiger partial charge is 0.227 e. The molecule has 1 aromatic heterocycles. The van der Waals surface area contributed by atoms with E-state index >= 15 is 0 Å². The van der Waals surface area contributed by atoms with Gasteiger partial charge in [0.25, 0.3) is 0 Å². The lowest BCUT2D eigenvalue weighted by Gasteiger charge is -2.23. The van der Waals surface area contributed by atoms with E-state index < -0.39 is 11.2 Å². The molecule has 13 heteroatoms. The standard InChI is InChI=1S/C29H36N6O6S/c1-35(2)42(36)32-12-15-39-16-17-40-27-7-5-23(19-28(27)37-3)33-29-31-11-8-25(34-29)21-4-6-26(22(18-21)20-30)41-24-9-13-38-14-10-24/h4-8,11,18-19,24,32H,9-10,12-17H2,1-3H3,(H,31,33,34). The number of nitriles is 1. The second kappa shape index (κ2) is 16.0. The van der Waals surface area contributed by atoms with Crippen LogP contribution in [0, 0.1) is 11.3 Å². The molecule has 1 aliphatic rings. The normalized spacial score (nSPS) is 14.3. The molecule has 0 radical (unpaired) electrons. The number of methoxy groups -OCH3 is 1. The quantitative estimate of drug-likeness (QED) is 0.251. The molecule has 1 unspecified atom stereocenters. The van der Waals surface area contributed by atoms with Crippen molar-refractivity contribution in [1.29, 1.82) is 5.26 Å². The first-order chi connectivity index (χ1) is 20.5. The molecule has 2 N–H and O–H groups in total. The van der Waals surface area contributed by atoms with Gasteiger partial charge in [0.1, 0.15) is 24.5 Å². The van der Waals surface area contributed by atoms with Crippen molar-refractivity contribution in [1.82, 2.24) is 19.0 Å². The largest absolute Gasteiger partial charge is 0.493 e. The summed E-state index contributed by atoms with van der Waals surface area (Å²) in [5, 5.41) is 12.9. The van der Waals surface area contributed by atoms with Crippen LogP contribution in [0.15, 0.2) is 48.7 Å². The number of benzene rings is 2. The third kappa shape index (κ3) is 9.10. The maximum atomic E-state index is 11.6. The zero-order valence-corrected chi connectivity index (χ0v) is 24.8. The summed E-state index contributed by atoms with van der Waals surface area (Å²) in [6.45, 7) is 2.91. The summed E-state index contributed by atoms with van der Waals surface area (Å²) < 4.78 is 44.3. The Labute approximate surface area is 248 Å². The number of ether oxygens (including phenoxy) is 5. The molecule has 4 rings (SSSR count). The summed E-state index contributed by atoms with van der Waals surface area (Å²) in [6.07, 6.45) is 3.31.